The summed E-state index contributed by atoms with van der Waals surface area (Å²) in [5.74, 6) is 0. The molecule has 0 bridgehead atoms. The molecule has 0 amide bonds. The van der Waals surface area contributed by atoms with Crippen molar-refractivity contribution in [1.29, 1.82) is 0 Å². The Kier molecular flexibility index (Phi) is 3.06. The summed E-state index contributed by atoms with van der Waals surface area (Å²) in [6, 6.07) is -0.0104. The zero-order valence-electron chi connectivity index (χ0n) is 7.77. The number of likely N-dealkylation sites (N-methyl/N-ethyl adjacent to an activating group) is 1. The highest BCUT2D eigenvalue weighted by Crippen LogP contribution is 2.21. The maximum absolute atomic E-state index is 9.65. The minimum Gasteiger partial charge on any atom is -0.389 e. The van der Waals surface area contributed by atoms with Crippen molar-refractivity contribution in [3.63, 3.8) is 0 Å². The lowest BCUT2D eigenvalue weighted by Crippen LogP contribution is -2.52. The first-order valence-corrected chi connectivity index (χ1v) is 4.20. The highest BCUT2D eigenvalue weighted by Gasteiger charge is 2.35. The van der Waals surface area contributed by atoms with Crippen molar-refractivity contribution in [3.8, 4) is 0 Å². The zero-order chi connectivity index (χ0) is 9.30. The van der Waals surface area contributed by atoms with Gasteiger partial charge in [0, 0.05) is 12.5 Å². The second kappa shape index (κ2) is 3.70. The van der Waals surface area contributed by atoms with Crippen LogP contribution in [0.3, 0.4) is 0 Å². The molecular weight excluding hydrogens is 158 g/mol. The van der Waals surface area contributed by atoms with Crippen molar-refractivity contribution < 1.29 is 14.9 Å². The monoisotopic (exact) mass is 175 g/mol. The van der Waals surface area contributed by atoms with E-state index < -0.39 is 12.4 Å². The molecule has 1 fully saturated rings. The van der Waals surface area contributed by atoms with Gasteiger partial charge in [-0.05, 0) is 21.0 Å². The van der Waals surface area contributed by atoms with E-state index in [4.69, 9.17) is 4.74 Å². The van der Waals surface area contributed by atoms with Crippen LogP contribution in [0.2, 0.25) is 0 Å². The molecule has 0 aromatic carbocycles. The average molecular weight is 175 g/mol. The summed E-state index contributed by atoms with van der Waals surface area (Å²) in [6.07, 6.45) is -1.07. The molecule has 0 saturated carbocycles. The minimum absolute atomic E-state index is 0.0104. The van der Waals surface area contributed by atoms with Crippen molar-refractivity contribution >= 4 is 0 Å². The van der Waals surface area contributed by atoms with Gasteiger partial charge in [-0.25, -0.2) is 0 Å². The molecule has 0 radical (unpaired) electrons. The van der Waals surface area contributed by atoms with Gasteiger partial charge in [0.15, 0.2) is 6.29 Å². The van der Waals surface area contributed by atoms with E-state index in [-0.39, 0.29) is 12.1 Å². The summed E-state index contributed by atoms with van der Waals surface area (Å²) in [7, 11) is 3.78. The Morgan fingerprint density at radius 3 is 2.42 bits per heavy atom. The molecule has 1 rings (SSSR count). The molecule has 1 aliphatic rings. The zero-order valence-corrected chi connectivity index (χ0v) is 7.77. The summed E-state index contributed by atoms with van der Waals surface area (Å²) in [6.45, 7) is 1.77. The molecule has 0 aromatic rings. The van der Waals surface area contributed by atoms with Crippen LogP contribution in [0.1, 0.15) is 13.3 Å². The van der Waals surface area contributed by atoms with Crippen LogP contribution in [0, 0.1) is 0 Å². The average Bonchev–Trinajstić information content (AvgIpc) is 1.96. The first-order chi connectivity index (χ1) is 5.52. The first-order valence-electron chi connectivity index (χ1n) is 4.20. The predicted octanol–water partition coefficient (Wildman–Crippen LogP) is -0.595. The van der Waals surface area contributed by atoms with E-state index in [9.17, 15) is 10.2 Å². The third kappa shape index (κ3) is 1.95. The van der Waals surface area contributed by atoms with E-state index in [1.54, 1.807) is 6.92 Å². The van der Waals surface area contributed by atoms with Gasteiger partial charge < -0.3 is 19.8 Å². The number of ether oxygens (including phenoxy) is 1. The van der Waals surface area contributed by atoms with Gasteiger partial charge in [0.2, 0.25) is 0 Å². The van der Waals surface area contributed by atoms with Gasteiger partial charge >= 0.3 is 0 Å². The number of hydrogen-bond donors (Lipinski definition) is 2. The highest BCUT2D eigenvalue weighted by molar-refractivity contribution is 4.85. The highest BCUT2D eigenvalue weighted by atomic mass is 16.6. The van der Waals surface area contributed by atoms with Crippen LogP contribution in [-0.4, -0.2) is 53.7 Å². The quantitative estimate of drug-likeness (QED) is 0.559. The van der Waals surface area contributed by atoms with Gasteiger partial charge in [0.1, 0.15) is 0 Å². The van der Waals surface area contributed by atoms with E-state index in [0.717, 1.165) is 0 Å². The van der Waals surface area contributed by atoms with Gasteiger partial charge in [-0.1, -0.05) is 0 Å². The first kappa shape index (κ1) is 9.92. The number of rotatable bonds is 1. The van der Waals surface area contributed by atoms with Crippen LogP contribution in [0.5, 0.6) is 0 Å². The fraction of sp³-hybridized carbons (Fsp3) is 1.00. The van der Waals surface area contributed by atoms with E-state index in [1.807, 2.05) is 19.0 Å². The van der Waals surface area contributed by atoms with Crippen LogP contribution in [0.4, 0.5) is 0 Å². The Hall–Kier alpha value is -0.160. The smallest absolute Gasteiger partial charge is 0.156 e. The SMILES string of the molecule is C[C@@H]1OC(O)C[C@H](N(C)C)[C@@H]1O. The van der Waals surface area contributed by atoms with Crippen molar-refractivity contribution in [3.05, 3.63) is 0 Å². The summed E-state index contributed by atoms with van der Waals surface area (Å²) >= 11 is 0. The van der Waals surface area contributed by atoms with Gasteiger partial charge in [-0.2, -0.15) is 0 Å². The molecule has 72 valence electrons. The summed E-state index contributed by atoms with van der Waals surface area (Å²) < 4.78 is 5.06. The number of aliphatic hydroxyl groups excluding tert-OH is 2. The molecular formula is C8H17NO3. The Bertz CT molecular complexity index is 151. The van der Waals surface area contributed by atoms with Gasteiger partial charge in [-0.3, -0.25) is 0 Å². The third-order valence-electron chi connectivity index (χ3n) is 2.35. The molecule has 0 spiro atoms. The lowest BCUT2D eigenvalue weighted by Gasteiger charge is -2.39. The van der Waals surface area contributed by atoms with Crippen molar-refractivity contribution in [1.82, 2.24) is 4.90 Å². The van der Waals surface area contributed by atoms with E-state index in [1.165, 1.54) is 0 Å². The molecule has 1 heterocycles. The lowest BCUT2D eigenvalue weighted by molar-refractivity contribution is -0.212. The maximum atomic E-state index is 9.65. The largest absolute Gasteiger partial charge is 0.389 e. The second-order valence-corrected chi connectivity index (χ2v) is 3.55. The lowest BCUT2D eigenvalue weighted by atomic mass is 9.99. The van der Waals surface area contributed by atoms with Crippen LogP contribution >= 0.6 is 0 Å². The number of hydrogen-bond acceptors (Lipinski definition) is 4. The topological polar surface area (TPSA) is 52.9 Å². The fourth-order valence-corrected chi connectivity index (χ4v) is 1.56. The maximum Gasteiger partial charge on any atom is 0.156 e. The minimum atomic E-state index is -0.740. The molecule has 1 saturated heterocycles. The third-order valence-corrected chi connectivity index (χ3v) is 2.35. The van der Waals surface area contributed by atoms with Gasteiger partial charge in [-0.15, -0.1) is 0 Å². The molecule has 1 aliphatic heterocycles. The van der Waals surface area contributed by atoms with Crippen molar-refractivity contribution in [2.45, 2.75) is 37.9 Å². The predicted molar refractivity (Wildman–Crippen MR) is 44.7 cm³/mol. The Morgan fingerprint density at radius 2 is 1.92 bits per heavy atom. The summed E-state index contributed by atoms with van der Waals surface area (Å²) in [5.41, 5.74) is 0. The summed E-state index contributed by atoms with van der Waals surface area (Å²) in [4.78, 5) is 1.91. The molecule has 4 atom stereocenters. The Labute approximate surface area is 72.7 Å². The standard InChI is InChI=1S/C8H17NO3/c1-5-8(11)6(9(2)3)4-7(10)12-5/h5-8,10-11H,4H2,1-3H3/t5-,6-,7?,8+/m0/s1. The molecule has 0 aliphatic carbocycles. The molecule has 0 aromatic heterocycles. The molecule has 2 N–H and O–H groups in total. The fourth-order valence-electron chi connectivity index (χ4n) is 1.56. The van der Waals surface area contributed by atoms with Gasteiger partial charge in [0.25, 0.3) is 0 Å². The molecule has 1 unspecified atom stereocenters. The Balaban J connectivity index is 2.60. The Morgan fingerprint density at radius 1 is 1.33 bits per heavy atom. The van der Waals surface area contributed by atoms with Gasteiger partial charge in [0.05, 0.1) is 12.2 Å². The summed E-state index contributed by atoms with van der Waals surface area (Å²) in [5, 5.41) is 18.9. The van der Waals surface area contributed by atoms with Crippen LogP contribution < -0.4 is 0 Å². The van der Waals surface area contributed by atoms with Crippen molar-refractivity contribution in [2.24, 2.45) is 0 Å². The molecule has 4 nitrogen and oxygen atoms in total. The second-order valence-electron chi connectivity index (χ2n) is 3.55. The van der Waals surface area contributed by atoms with Crippen molar-refractivity contribution in [2.75, 3.05) is 14.1 Å². The van der Waals surface area contributed by atoms with E-state index in [2.05, 4.69) is 0 Å². The number of aliphatic hydroxyl groups is 2. The van der Waals surface area contributed by atoms with Crippen LogP contribution in [0.15, 0.2) is 0 Å². The van der Waals surface area contributed by atoms with E-state index in [0.29, 0.717) is 6.42 Å². The van der Waals surface area contributed by atoms with E-state index >= 15 is 0 Å². The number of nitrogens with zero attached hydrogens (tertiary/aromatic N) is 1. The van der Waals surface area contributed by atoms with Crippen LogP contribution in [-0.2, 0) is 4.74 Å². The molecule has 4 heteroatoms. The van der Waals surface area contributed by atoms with Crippen LogP contribution in [0.25, 0.3) is 0 Å². The normalized spacial score (nSPS) is 43.5. The molecule has 12 heavy (non-hydrogen) atoms.